The SMILES string of the molecule is CN(Cc1ccc(F)cc1)C(=O)c1ccncc1. The second-order valence-corrected chi connectivity index (χ2v) is 4.02. The number of carbonyl (C=O) groups is 1. The second kappa shape index (κ2) is 5.40. The third-order valence-corrected chi connectivity index (χ3v) is 2.61. The lowest BCUT2D eigenvalue weighted by Gasteiger charge is -2.17. The quantitative estimate of drug-likeness (QED) is 0.831. The predicted molar refractivity (Wildman–Crippen MR) is 66.4 cm³/mol. The summed E-state index contributed by atoms with van der Waals surface area (Å²) in [5.74, 6) is -0.358. The molecule has 92 valence electrons. The number of pyridine rings is 1. The predicted octanol–water partition coefficient (Wildman–Crippen LogP) is 2.49. The monoisotopic (exact) mass is 244 g/mol. The minimum atomic E-state index is -0.276. The Morgan fingerprint density at radius 1 is 1.17 bits per heavy atom. The number of nitrogens with zero attached hydrogens (tertiary/aromatic N) is 2. The van der Waals surface area contributed by atoms with Crippen molar-refractivity contribution < 1.29 is 9.18 Å². The summed E-state index contributed by atoms with van der Waals surface area (Å²) < 4.78 is 12.8. The molecule has 0 saturated carbocycles. The van der Waals surface area contributed by atoms with Crippen LogP contribution in [-0.2, 0) is 6.54 Å². The van der Waals surface area contributed by atoms with Gasteiger partial charge in [0.1, 0.15) is 5.82 Å². The number of hydrogen-bond acceptors (Lipinski definition) is 2. The summed E-state index contributed by atoms with van der Waals surface area (Å²) in [6.07, 6.45) is 3.16. The Balaban J connectivity index is 2.06. The van der Waals surface area contributed by atoms with Crippen LogP contribution in [0.1, 0.15) is 15.9 Å². The van der Waals surface area contributed by atoms with Crippen molar-refractivity contribution in [3.05, 3.63) is 65.7 Å². The van der Waals surface area contributed by atoms with E-state index in [1.807, 2.05) is 0 Å². The van der Waals surface area contributed by atoms with Crippen LogP contribution in [0, 0.1) is 5.82 Å². The maximum Gasteiger partial charge on any atom is 0.254 e. The molecule has 4 heteroatoms. The third-order valence-electron chi connectivity index (χ3n) is 2.61. The standard InChI is InChI=1S/C14H13FN2O/c1-17(10-11-2-4-13(15)5-3-11)14(18)12-6-8-16-9-7-12/h2-9H,10H2,1H3. The van der Waals surface area contributed by atoms with E-state index < -0.39 is 0 Å². The summed E-state index contributed by atoms with van der Waals surface area (Å²) in [6.45, 7) is 0.446. The van der Waals surface area contributed by atoms with E-state index in [9.17, 15) is 9.18 Å². The van der Waals surface area contributed by atoms with Crippen LogP contribution in [0.3, 0.4) is 0 Å². The van der Waals surface area contributed by atoms with Crippen LogP contribution in [0.5, 0.6) is 0 Å². The van der Waals surface area contributed by atoms with Crippen molar-refractivity contribution >= 4 is 5.91 Å². The van der Waals surface area contributed by atoms with Gasteiger partial charge in [0.2, 0.25) is 0 Å². The van der Waals surface area contributed by atoms with E-state index in [0.717, 1.165) is 5.56 Å². The Morgan fingerprint density at radius 2 is 1.78 bits per heavy atom. The smallest absolute Gasteiger partial charge is 0.254 e. The number of benzene rings is 1. The van der Waals surface area contributed by atoms with Gasteiger partial charge in [-0.3, -0.25) is 9.78 Å². The molecular weight excluding hydrogens is 231 g/mol. The minimum absolute atomic E-state index is 0.0817. The molecule has 1 aromatic heterocycles. The van der Waals surface area contributed by atoms with Crippen molar-refractivity contribution in [1.29, 1.82) is 0 Å². The summed E-state index contributed by atoms with van der Waals surface area (Å²) in [4.78, 5) is 17.5. The molecule has 0 aliphatic carbocycles. The van der Waals surface area contributed by atoms with Gasteiger partial charge in [-0.25, -0.2) is 4.39 Å². The van der Waals surface area contributed by atoms with E-state index in [4.69, 9.17) is 0 Å². The van der Waals surface area contributed by atoms with Crippen LogP contribution < -0.4 is 0 Å². The van der Waals surface area contributed by atoms with Gasteiger partial charge in [0.05, 0.1) is 0 Å². The van der Waals surface area contributed by atoms with E-state index in [0.29, 0.717) is 12.1 Å². The van der Waals surface area contributed by atoms with E-state index in [-0.39, 0.29) is 11.7 Å². The first-order chi connectivity index (χ1) is 8.66. The molecule has 0 saturated heterocycles. The fourth-order valence-corrected chi connectivity index (χ4v) is 1.65. The van der Waals surface area contributed by atoms with Crippen molar-refractivity contribution in [2.75, 3.05) is 7.05 Å². The number of hydrogen-bond donors (Lipinski definition) is 0. The van der Waals surface area contributed by atoms with Crippen LogP contribution >= 0.6 is 0 Å². The molecule has 0 unspecified atom stereocenters. The first-order valence-corrected chi connectivity index (χ1v) is 5.57. The number of amides is 1. The van der Waals surface area contributed by atoms with Crippen LogP contribution in [0.2, 0.25) is 0 Å². The third kappa shape index (κ3) is 2.91. The molecule has 18 heavy (non-hydrogen) atoms. The molecule has 0 aliphatic rings. The van der Waals surface area contributed by atoms with Crippen LogP contribution in [0.25, 0.3) is 0 Å². The molecule has 1 heterocycles. The molecule has 0 N–H and O–H groups in total. The van der Waals surface area contributed by atoms with Gasteiger partial charge in [-0.05, 0) is 29.8 Å². The number of aromatic nitrogens is 1. The maximum atomic E-state index is 12.8. The Labute approximate surface area is 105 Å². The summed E-state index contributed by atoms with van der Waals surface area (Å²) in [7, 11) is 1.71. The molecule has 2 aromatic rings. The zero-order valence-corrected chi connectivity index (χ0v) is 10.0. The summed E-state index contributed by atoms with van der Waals surface area (Å²) >= 11 is 0. The Hall–Kier alpha value is -2.23. The highest BCUT2D eigenvalue weighted by atomic mass is 19.1. The average Bonchev–Trinajstić information content (AvgIpc) is 2.41. The van der Waals surface area contributed by atoms with E-state index in [2.05, 4.69) is 4.98 Å². The van der Waals surface area contributed by atoms with Crippen molar-refractivity contribution in [1.82, 2.24) is 9.88 Å². The maximum absolute atomic E-state index is 12.8. The first kappa shape index (κ1) is 12.2. The zero-order valence-electron chi connectivity index (χ0n) is 10.0. The zero-order chi connectivity index (χ0) is 13.0. The van der Waals surface area contributed by atoms with Crippen LogP contribution in [0.15, 0.2) is 48.8 Å². The molecule has 0 radical (unpaired) electrons. The van der Waals surface area contributed by atoms with Gasteiger partial charge < -0.3 is 4.90 Å². The van der Waals surface area contributed by atoms with E-state index in [1.54, 1.807) is 48.6 Å². The fraction of sp³-hybridized carbons (Fsp3) is 0.143. The molecule has 1 aromatic carbocycles. The molecule has 1 amide bonds. The highest BCUT2D eigenvalue weighted by Gasteiger charge is 2.11. The van der Waals surface area contributed by atoms with E-state index >= 15 is 0 Å². The van der Waals surface area contributed by atoms with Crippen LogP contribution in [0.4, 0.5) is 4.39 Å². The van der Waals surface area contributed by atoms with Gasteiger partial charge in [-0.2, -0.15) is 0 Å². The number of carbonyl (C=O) groups excluding carboxylic acids is 1. The van der Waals surface area contributed by atoms with Crippen molar-refractivity contribution in [2.45, 2.75) is 6.54 Å². The molecule has 0 aliphatic heterocycles. The Morgan fingerprint density at radius 3 is 2.39 bits per heavy atom. The first-order valence-electron chi connectivity index (χ1n) is 5.57. The molecule has 2 rings (SSSR count). The molecular formula is C14H13FN2O. The summed E-state index contributed by atoms with van der Waals surface area (Å²) in [5, 5.41) is 0. The topological polar surface area (TPSA) is 33.2 Å². The second-order valence-electron chi connectivity index (χ2n) is 4.02. The van der Waals surface area contributed by atoms with Crippen molar-refractivity contribution in [3.63, 3.8) is 0 Å². The van der Waals surface area contributed by atoms with Gasteiger partial charge in [0.15, 0.2) is 0 Å². The Bertz CT molecular complexity index is 525. The highest BCUT2D eigenvalue weighted by Crippen LogP contribution is 2.08. The molecule has 0 spiro atoms. The van der Waals surface area contributed by atoms with Gasteiger partial charge in [0.25, 0.3) is 5.91 Å². The van der Waals surface area contributed by atoms with Gasteiger partial charge in [-0.1, -0.05) is 12.1 Å². The fourth-order valence-electron chi connectivity index (χ4n) is 1.65. The average molecular weight is 244 g/mol. The Kier molecular flexibility index (Phi) is 3.67. The van der Waals surface area contributed by atoms with Gasteiger partial charge in [-0.15, -0.1) is 0 Å². The van der Waals surface area contributed by atoms with Crippen molar-refractivity contribution in [2.24, 2.45) is 0 Å². The van der Waals surface area contributed by atoms with Gasteiger partial charge in [0, 0.05) is 31.5 Å². The molecule has 3 nitrogen and oxygen atoms in total. The number of rotatable bonds is 3. The lowest BCUT2D eigenvalue weighted by Crippen LogP contribution is -2.26. The van der Waals surface area contributed by atoms with Crippen molar-refractivity contribution in [3.8, 4) is 0 Å². The van der Waals surface area contributed by atoms with Crippen LogP contribution in [-0.4, -0.2) is 22.8 Å². The van der Waals surface area contributed by atoms with Gasteiger partial charge >= 0.3 is 0 Å². The largest absolute Gasteiger partial charge is 0.337 e. The molecule has 0 atom stereocenters. The highest BCUT2D eigenvalue weighted by molar-refractivity contribution is 5.93. The van der Waals surface area contributed by atoms with E-state index in [1.165, 1.54) is 12.1 Å². The lowest BCUT2D eigenvalue weighted by molar-refractivity contribution is 0.0785. The summed E-state index contributed by atoms with van der Waals surface area (Å²) in [5.41, 5.74) is 1.48. The molecule has 0 bridgehead atoms. The minimum Gasteiger partial charge on any atom is -0.337 e. The normalized spacial score (nSPS) is 10.1. The lowest BCUT2D eigenvalue weighted by atomic mass is 10.2. The summed E-state index contributed by atoms with van der Waals surface area (Å²) in [6, 6.07) is 9.46. The number of halogens is 1. The molecule has 0 fully saturated rings.